The van der Waals surface area contributed by atoms with Crippen molar-refractivity contribution in [3.63, 3.8) is 0 Å². The maximum absolute atomic E-state index is 13.5. The smallest absolute Gasteiger partial charge is 0.259 e. The molecule has 3 heterocycles. The van der Waals surface area contributed by atoms with Crippen LogP contribution in [0.1, 0.15) is 84.2 Å². The van der Waals surface area contributed by atoms with Crippen molar-refractivity contribution in [1.82, 2.24) is 24.7 Å². The summed E-state index contributed by atoms with van der Waals surface area (Å²) in [6.07, 6.45) is 14.2. The Morgan fingerprint density at radius 3 is 2.37 bits per heavy atom. The number of pyridine rings is 2. The number of nitrogens with zero attached hydrogens (tertiary/aromatic N) is 4. The van der Waals surface area contributed by atoms with E-state index in [2.05, 4.69) is 22.1 Å². The van der Waals surface area contributed by atoms with Crippen molar-refractivity contribution in [1.29, 1.82) is 0 Å². The van der Waals surface area contributed by atoms with E-state index in [0.717, 1.165) is 58.2 Å². The monoisotopic (exact) mass is 479 g/mol. The van der Waals surface area contributed by atoms with E-state index in [-0.39, 0.29) is 29.0 Å². The zero-order valence-corrected chi connectivity index (χ0v) is 20.7. The fraction of sp³-hybridized carbons (Fsp3) is 0.556. The summed E-state index contributed by atoms with van der Waals surface area (Å²) in [6, 6.07) is 4.22. The molecule has 2 aromatic heterocycles. The molecule has 2 amide bonds. The summed E-state index contributed by atoms with van der Waals surface area (Å²) in [4.78, 5) is 47.8. The Bertz CT molecular complexity index is 1050. The van der Waals surface area contributed by atoms with E-state index in [1.165, 1.54) is 12.0 Å². The molecule has 2 aliphatic rings. The first-order chi connectivity index (χ1) is 17.1. The summed E-state index contributed by atoms with van der Waals surface area (Å²) in [5.41, 5.74) is 0.919. The van der Waals surface area contributed by atoms with Crippen molar-refractivity contribution in [2.24, 2.45) is 0 Å². The molecule has 0 spiro atoms. The number of hydrogen-bond donors (Lipinski definition) is 1. The summed E-state index contributed by atoms with van der Waals surface area (Å²) < 4.78 is 1.96. The van der Waals surface area contributed by atoms with Gasteiger partial charge in [0.25, 0.3) is 11.8 Å². The number of amides is 2. The summed E-state index contributed by atoms with van der Waals surface area (Å²) in [6.45, 7) is 5.98. The lowest BCUT2D eigenvalue weighted by atomic mass is 9.95. The number of unbranched alkanes of at least 4 members (excludes halogenated alkanes) is 1. The predicted molar refractivity (Wildman–Crippen MR) is 135 cm³/mol. The molecule has 188 valence electrons. The van der Waals surface area contributed by atoms with Crippen LogP contribution in [0.25, 0.3) is 0 Å². The number of hydrogen-bond acceptors (Lipinski definition) is 5. The molecule has 0 atom stereocenters. The number of carbonyl (C=O) groups is 2. The summed E-state index contributed by atoms with van der Waals surface area (Å²) >= 11 is 0. The van der Waals surface area contributed by atoms with E-state index in [1.54, 1.807) is 29.7 Å². The number of nitrogens with one attached hydrogen (secondary N) is 1. The average Bonchev–Trinajstić information content (AvgIpc) is 2.90. The van der Waals surface area contributed by atoms with Crippen molar-refractivity contribution >= 4 is 11.8 Å². The molecule has 1 aliphatic carbocycles. The molecule has 1 saturated heterocycles. The number of carbonyl (C=O) groups excluding carboxylic acids is 2. The highest BCUT2D eigenvalue weighted by Gasteiger charge is 2.27. The van der Waals surface area contributed by atoms with E-state index in [9.17, 15) is 14.4 Å². The first-order valence-corrected chi connectivity index (χ1v) is 13.0. The van der Waals surface area contributed by atoms with Crippen LogP contribution < -0.4 is 10.7 Å². The lowest BCUT2D eigenvalue weighted by Gasteiger charge is -2.35. The van der Waals surface area contributed by atoms with Crippen LogP contribution in [0.5, 0.6) is 0 Å². The van der Waals surface area contributed by atoms with Crippen molar-refractivity contribution in [2.45, 2.75) is 64.5 Å². The molecule has 1 aliphatic heterocycles. The first-order valence-electron chi connectivity index (χ1n) is 13.0. The van der Waals surface area contributed by atoms with Gasteiger partial charge in [0.1, 0.15) is 11.1 Å². The Morgan fingerprint density at radius 2 is 1.69 bits per heavy atom. The van der Waals surface area contributed by atoms with E-state index < -0.39 is 5.43 Å². The molecule has 1 N–H and O–H groups in total. The van der Waals surface area contributed by atoms with Crippen LogP contribution in [0.2, 0.25) is 0 Å². The minimum absolute atomic E-state index is 0.0776. The van der Waals surface area contributed by atoms with Crippen molar-refractivity contribution in [3.8, 4) is 0 Å². The third-order valence-electron chi connectivity index (χ3n) is 7.15. The molecule has 8 heteroatoms. The molecular formula is C27H37N5O3. The molecular weight excluding hydrogens is 442 g/mol. The van der Waals surface area contributed by atoms with Crippen LogP contribution in [-0.2, 0) is 6.54 Å². The van der Waals surface area contributed by atoms with Gasteiger partial charge in [-0.2, -0.15) is 0 Å². The fourth-order valence-electron chi connectivity index (χ4n) is 5.00. The number of rotatable bonds is 8. The molecule has 0 radical (unpaired) electrons. The van der Waals surface area contributed by atoms with Gasteiger partial charge in [0, 0.05) is 70.1 Å². The Kier molecular flexibility index (Phi) is 8.69. The zero-order chi connectivity index (χ0) is 24.6. The zero-order valence-electron chi connectivity index (χ0n) is 20.7. The summed E-state index contributed by atoms with van der Waals surface area (Å²) in [5, 5.41) is 2.86. The molecule has 0 aromatic carbocycles. The van der Waals surface area contributed by atoms with E-state index >= 15 is 0 Å². The summed E-state index contributed by atoms with van der Waals surface area (Å²) in [5.74, 6) is -0.656. The topological polar surface area (TPSA) is 87.5 Å². The first kappa shape index (κ1) is 25.1. The molecule has 4 rings (SSSR count). The standard InChI is InChI=1S/C27H37N5O3/c1-2-3-11-29-26(34)23-19-32(22-7-5-4-6-8-22)20-24(25(23)33)27(35)31-16-14-30(15-17-31)18-21-9-12-28-13-10-21/h9-10,12-13,19-20,22H,2-8,11,14-18H2,1H3,(H,29,34). The number of piperazine rings is 1. The van der Waals surface area contributed by atoms with Crippen molar-refractivity contribution in [2.75, 3.05) is 32.7 Å². The lowest BCUT2D eigenvalue weighted by molar-refractivity contribution is 0.0626. The van der Waals surface area contributed by atoms with Crippen molar-refractivity contribution in [3.05, 3.63) is 63.8 Å². The Labute approximate surface area is 207 Å². The second-order valence-corrected chi connectivity index (χ2v) is 9.69. The molecule has 2 aromatic rings. The van der Waals surface area contributed by atoms with E-state index in [0.29, 0.717) is 19.6 Å². The van der Waals surface area contributed by atoms with Crippen LogP contribution in [0.15, 0.2) is 41.7 Å². The lowest BCUT2D eigenvalue weighted by Crippen LogP contribution is -2.49. The Balaban J connectivity index is 1.52. The van der Waals surface area contributed by atoms with Crippen LogP contribution in [0, 0.1) is 0 Å². The minimum Gasteiger partial charge on any atom is -0.352 e. The highest BCUT2D eigenvalue weighted by molar-refractivity contribution is 5.99. The summed E-state index contributed by atoms with van der Waals surface area (Å²) in [7, 11) is 0. The van der Waals surface area contributed by atoms with Crippen LogP contribution in [0.3, 0.4) is 0 Å². The molecule has 8 nitrogen and oxygen atoms in total. The second kappa shape index (κ2) is 12.1. The van der Waals surface area contributed by atoms with Gasteiger partial charge in [0.2, 0.25) is 5.43 Å². The Morgan fingerprint density at radius 1 is 1.00 bits per heavy atom. The van der Waals surface area contributed by atoms with Gasteiger partial charge < -0.3 is 14.8 Å². The molecule has 0 bridgehead atoms. The quantitative estimate of drug-likeness (QED) is 0.588. The predicted octanol–water partition coefficient (Wildman–Crippen LogP) is 3.24. The van der Waals surface area contributed by atoms with Crippen LogP contribution >= 0.6 is 0 Å². The van der Waals surface area contributed by atoms with Gasteiger partial charge in [-0.25, -0.2) is 0 Å². The third kappa shape index (κ3) is 6.36. The maximum Gasteiger partial charge on any atom is 0.259 e. The van der Waals surface area contributed by atoms with Gasteiger partial charge >= 0.3 is 0 Å². The third-order valence-corrected chi connectivity index (χ3v) is 7.15. The van der Waals surface area contributed by atoms with Crippen LogP contribution in [0.4, 0.5) is 0 Å². The Hall–Kier alpha value is -3.00. The van der Waals surface area contributed by atoms with Gasteiger partial charge in [0.05, 0.1) is 0 Å². The van der Waals surface area contributed by atoms with Gasteiger partial charge in [-0.15, -0.1) is 0 Å². The van der Waals surface area contributed by atoms with Gasteiger partial charge in [-0.1, -0.05) is 32.6 Å². The normalized spacial score (nSPS) is 17.3. The maximum atomic E-state index is 13.5. The minimum atomic E-state index is -0.463. The van der Waals surface area contributed by atoms with Gasteiger partial charge in [-0.3, -0.25) is 24.3 Å². The largest absolute Gasteiger partial charge is 0.352 e. The molecule has 2 fully saturated rings. The van der Waals surface area contributed by atoms with Crippen molar-refractivity contribution < 1.29 is 9.59 Å². The molecule has 1 saturated carbocycles. The fourth-order valence-corrected chi connectivity index (χ4v) is 5.00. The number of aromatic nitrogens is 2. The van der Waals surface area contributed by atoms with E-state index in [1.807, 2.05) is 16.7 Å². The van der Waals surface area contributed by atoms with E-state index in [4.69, 9.17) is 0 Å². The second-order valence-electron chi connectivity index (χ2n) is 9.69. The molecule has 0 unspecified atom stereocenters. The highest BCUT2D eigenvalue weighted by Crippen LogP contribution is 2.28. The SMILES string of the molecule is CCCCNC(=O)c1cn(C2CCCCC2)cc(C(=O)N2CCN(Cc3ccncc3)CC2)c1=O. The van der Waals surface area contributed by atoms with Crippen LogP contribution in [-0.4, -0.2) is 63.9 Å². The molecule has 35 heavy (non-hydrogen) atoms. The highest BCUT2D eigenvalue weighted by atomic mass is 16.2. The average molecular weight is 480 g/mol. The van der Waals surface area contributed by atoms with Gasteiger partial charge in [0.15, 0.2) is 0 Å². The van der Waals surface area contributed by atoms with Gasteiger partial charge in [-0.05, 0) is 37.0 Å².